The predicted octanol–water partition coefficient (Wildman–Crippen LogP) is 2.90. The average molecular weight is 167 g/mol. The molecule has 0 saturated carbocycles. The standard InChI is InChI=1S/C11H21N/c1-10(2)7-8-11(3)6-5-9-12-4/h6,12H,1,5,7-9H2,2-4H3/b11-6-. The Bertz CT molecular complexity index is 156. The molecule has 0 radical (unpaired) electrons. The van der Waals surface area contributed by atoms with E-state index in [-0.39, 0.29) is 0 Å². The molecule has 0 unspecified atom stereocenters. The highest BCUT2D eigenvalue weighted by Crippen LogP contribution is 2.09. The quantitative estimate of drug-likeness (QED) is 0.474. The lowest BCUT2D eigenvalue weighted by atomic mass is 10.1. The molecule has 0 aliphatic heterocycles. The van der Waals surface area contributed by atoms with Crippen LogP contribution in [0.4, 0.5) is 0 Å². The third-order valence-corrected chi connectivity index (χ3v) is 1.83. The summed E-state index contributed by atoms with van der Waals surface area (Å²) in [4.78, 5) is 0. The molecule has 0 bridgehead atoms. The number of nitrogens with one attached hydrogen (secondary N) is 1. The molecule has 12 heavy (non-hydrogen) atoms. The van der Waals surface area contributed by atoms with E-state index in [2.05, 4.69) is 31.8 Å². The zero-order chi connectivity index (χ0) is 9.40. The van der Waals surface area contributed by atoms with Crippen LogP contribution in [0.1, 0.15) is 33.1 Å². The Morgan fingerprint density at radius 1 is 1.33 bits per heavy atom. The summed E-state index contributed by atoms with van der Waals surface area (Å²) in [5.74, 6) is 0. The van der Waals surface area contributed by atoms with E-state index >= 15 is 0 Å². The summed E-state index contributed by atoms with van der Waals surface area (Å²) < 4.78 is 0. The smallest absolute Gasteiger partial charge is 0.00172 e. The summed E-state index contributed by atoms with van der Waals surface area (Å²) in [7, 11) is 1.98. The normalized spacial score (nSPS) is 11.8. The molecule has 70 valence electrons. The molecule has 1 nitrogen and oxygen atoms in total. The third kappa shape index (κ3) is 7.55. The monoisotopic (exact) mass is 167 g/mol. The Morgan fingerprint density at radius 3 is 2.50 bits per heavy atom. The lowest BCUT2D eigenvalue weighted by molar-refractivity contribution is 0.798. The molecule has 0 aromatic heterocycles. The highest BCUT2D eigenvalue weighted by Gasteiger charge is 1.90. The molecule has 0 saturated heterocycles. The molecule has 1 N–H and O–H groups in total. The topological polar surface area (TPSA) is 12.0 Å². The first kappa shape index (κ1) is 11.4. The Kier molecular flexibility index (Phi) is 6.78. The van der Waals surface area contributed by atoms with Gasteiger partial charge in [0, 0.05) is 0 Å². The Hall–Kier alpha value is -0.560. The van der Waals surface area contributed by atoms with Gasteiger partial charge in [-0.2, -0.15) is 0 Å². The van der Waals surface area contributed by atoms with Crippen LogP contribution in [0.25, 0.3) is 0 Å². The van der Waals surface area contributed by atoms with E-state index in [9.17, 15) is 0 Å². The van der Waals surface area contributed by atoms with E-state index < -0.39 is 0 Å². The van der Waals surface area contributed by atoms with Gasteiger partial charge in [0.15, 0.2) is 0 Å². The highest BCUT2D eigenvalue weighted by molar-refractivity contribution is 5.02. The molecule has 0 aromatic rings. The molecule has 0 fully saturated rings. The highest BCUT2D eigenvalue weighted by atomic mass is 14.8. The first-order chi connectivity index (χ1) is 5.66. The fourth-order valence-electron chi connectivity index (χ4n) is 0.976. The fourth-order valence-corrected chi connectivity index (χ4v) is 0.976. The van der Waals surface area contributed by atoms with Gasteiger partial charge in [-0.1, -0.05) is 17.2 Å². The van der Waals surface area contributed by atoms with Crippen molar-refractivity contribution < 1.29 is 0 Å². The van der Waals surface area contributed by atoms with Gasteiger partial charge in [-0.3, -0.25) is 0 Å². The summed E-state index contributed by atoms with van der Waals surface area (Å²) in [5.41, 5.74) is 2.75. The number of rotatable bonds is 6. The average Bonchev–Trinajstić information content (AvgIpc) is 2.01. The summed E-state index contributed by atoms with van der Waals surface area (Å²) in [6, 6.07) is 0. The van der Waals surface area contributed by atoms with Crippen molar-refractivity contribution >= 4 is 0 Å². The largest absolute Gasteiger partial charge is 0.319 e. The van der Waals surface area contributed by atoms with Crippen molar-refractivity contribution in [1.82, 2.24) is 5.32 Å². The SMILES string of the molecule is C=C(C)CC/C(C)=C\CCNC. The molecule has 1 heteroatoms. The van der Waals surface area contributed by atoms with Crippen LogP contribution in [0.3, 0.4) is 0 Å². The minimum Gasteiger partial charge on any atom is -0.319 e. The van der Waals surface area contributed by atoms with E-state index in [4.69, 9.17) is 0 Å². The van der Waals surface area contributed by atoms with Gasteiger partial charge in [0.1, 0.15) is 0 Å². The molecule has 0 amide bonds. The maximum absolute atomic E-state index is 3.88. The molecule has 0 heterocycles. The third-order valence-electron chi connectivity index (χ3n) is 1.83. The maximum Gasteiger partial charge on any atom is -0.00172 e. The fraction of sp³-hybridized carbons (Fsp3) is 0.636. The molecule has 0 rings (SSSR count). The van der Waals surface area contributed by atoms with E-state index in [0.29, 0.717) is 0 Å². The molecule has 0 atom stereocenters. The van der Waals surface area contributed by atoms with Gasteiger partial charge in [-0.25, -0.2) is 0 Å². The van der Waals surface area contributed by atoms with Crippen LogP contribution in [0.15, 0.2) is 23.8 Å². The second-order valence-corrected chi connectivity index (χ2v) is 3.40. The van der Waals surface area contributed by atoms with E-state index in [1.807, 2.05) is 7.05 Å². The van der Waals surface area contributed by atoms with Gasteiger partial charge < -0.3 is 5.32 Å². The van der Waals surface area contributed by atoms with E-state index in [0.717, 1.165) is 19.4 Å². The van der Waals surface area contributed by atoms with Crippen molar-refractivity contribution in [2.75, 3.05) is 13.6 Å². The number of allylic oxidation sites excluding steroid dienone is 2. The van der Waals surface area contributed by atoms with Crippen LogP contribution in [0.5, 0.6) is 0 Å². The first-order valence-corrected chi connectivity index (χ1v) is 4.61. The Labute approximate surface area is 76.6 Å². The summed E-state index contributed by atoms with van der Waals surface area (Å²) in [6.45, 7) is 9.24. The van der Waals surface area contributed by atoms with Gasteiger partial charge in [-0.15, -0.1) is 6.58 Å². The van der Waals surface area contributed by atoms with Crippen molar-refractivity contribution in [2.24, 2.45) is 0 Å². The van der Waals surface area contributed by atoms with Gasteiger partial charge >= 0.3 is 0 Å². The van der Waals surface area contributed by atoms with Crippen molar-refractivity contribution in [3.05, 3.63) is 23.8 Å². The van der Waals surface area contributed by atoms with Crippen LogP contribution in [0, 0.1) is 0 Å². The summed E-state index contributed by atoms with van der Waals surface area (Å²) in [6.07, 6.45) is 5.74. The van der Waals surface area contributed by atoms with Gasteiger partial charge in [0.05, 0.1) is 0 Å². The summed E-state index contributed by atoms with van der Waals surface area (Å²) in [5, 5.41) is 3.13. The van der Waals surface area contributed by atoms with Crippen LogP contribution in [0.2, 0.25) is 0 Å². The molecular weight excluding hydrogens is 146 g/mol. The molecule has 0 aliphatic carbocycles. The van der Waals surface area contributed by atoms with Crippen LogP contribution >= 0.6 is 0 Å². The Balaban J connectivity index is 3.48. The van der Waals surface area contributed by atoms with Gasteiger partial charge in [-0.05, 0) is 46.7 Å². The zero-order valence-corrected chi connectivity index (χ0v) is 8.61. The van der Waals surface area contributed by atoms with Crippen molar-refractivity contribution in [3.8, 4) is 0 Å². The Morgan fingerprint density at radius 2 is 2.00 bits per heavy atom. The number of hydrogen-bond donors (Lipinski definition) is 1. The molecule has 0 spiro atoms. The second kappa shape index (κ2) is 7.11. The van der Waals surface area contributed by atoms with Gasteiger partial charge in [0.2, 0.25) is 0 Å². The van der Waals surface area contributed by atoms with Crippen LogP contribution in [-0.2, 0) is 0 Å². The number of hydrogen-bond acceptors (Lipinski definition) is 1. The van der Waals surface area contributed by atoms with E-state index in [1.54, 1.807) is 0 Å². The van der Waals surface area contributed by atoms with Crippen molar-refractivity contribution in [2.45, 2.75) is 33.1 Å². The van der Waals surface area contributed by atoms with Crippen LogP contribution < -0.4 is 5.32 Å². The molecule has 0 aliphatic rings. The zero-order valence-electron chi connectivity index (χ0n) is 8.61. The lowest BCUT2D eigenvalue weighted by Gasteiger charge is -2.00. The molecular formula is C11H21N. The minimum absolute atomic E-state index is 1.07. The molecule has 0 aromatic carbocycles. The van der Waals surface area contributed by atoms with Crippen molar-refractivity contribution in [1.29, 1.82) is 0 Å². The van der Waals surface area contributed by atoms with Crippen LogP contribution in [-0.4, -0.2) is 13.6 Å². The predicted molar refractivity (Wildman–Crippen MR) is 56.3 cm³/mol. The van der Waals surface area contributed by atoms with E-state index in [1.165, 1.54) is 17.6 Å². The van der Waals surface area contributed by atoms with Crippen molar-refractivity contribution in [3.63, 3.8) is 0 Å². The maximum atomic E-state index is 3.88. The first-order valence-electron chi connectivity index (χ1n) is 4.61. The van der Waals surface area contributed by atoms with Gasteiger partial charge in [0.25, 0.3) is 0 Å². The minimum atomic E-state index is 1.07. The second-order valence-electron chi connectivity index (χ2n) is 3.40. The lowest BCUT2D eigenvalue weighted by Crippen LogP contribution is -2.06. The summed E-state index contributed by atoms with van der Waals surface area (Å²) >= 11 is 0.